The number of rotatable bonds is 7. The first kappa shape index (κ1) is 23.3. The average Bonchev–Trinajstić information content (AvgIpc) is 2.66. The second-order valence-electron chi connectivity index (χ2n) is 7.50. The van der Waals surface area contributed by atoms with Gasteiger partial charge in [0.15, 0.2) is 11.7 Å². The van der Waals surface area contributed by atoms with E-state index >= 15 is 0 Å². The third-order valence-electron chi connectivity index (χ3n) is 4.21. The maximum atomic E-state index is 12.1. The molecule has 0 saturated carbocycles. The quantitative estimate of drug-likeness (QED) is 0.497. The first-order valence-corrected chi connectivity index (χ1v) is 10.2. The summed E-state index contributed by atoms with van der Waals surface area (Å²) < 4.78 is 10.7. The fourth-order valence-corrected chi connectivity index (χ4v) is 3.06. The Labute approximate surface area is 183 Å². The molecule has 0 aliphatic rings. The number of nitrogens with one attached hydrogen (secondary N) is 2. The van der Waals surface area contributed by atoms with E-state index in [-0.39, 0.29) is 29.7 Å². The summed E-state index contributed by atoms with van der Waals surface area (Å²) in [5.41, 5.74) is 3.46. The van der Waals surface area contributed by atoms with E-state index in [1.54, 1.807) is 38.1 Å². The molecule has 7 heteroatoms. The average molecular weight is 429 g/mol. The van der Waals surface area contributed by atoms with E-state index in [2.05, 4.69) is 24.5 Å². The van der Waals surface area contributed by atoms with E-state index in [0.717, 1.165) is 5.56 Å². The molecule has 2 aromatic carbocycles. The van der Waals surface area contributed by atoms with E-state index in [0.29, 0.717) is 22.9 Å². The van der Waals surface area contributed by atoms with Gasteiger partial charge in [-0.1, -0.05) is 19.9 Å². The number of amides is 1. The van der Waals surface area contributed by atoms with Gasteiger partial charge in [-0.3, -0.25) is 10.1 Å². The van der Waals surface area contributed by atoms with Gasteiger partial charge in [0.1, 0.15) is 5.75 Å². The Bertz CT molecular complexity index is 908. The number of hydrogen-bond acceptors (Lipinski definition) is 5. The molecule has 6 nitrogen and oxygen atoms in total. The van der Waals surface area contributed by atoms with Gasteiger partial charge in [-0.2, -0.15) is 0 Å². The molecule has 0 atom stereocenters. The van der Waals surface area contributed by atoms with E-state index < -0.39 is 0 Å². The first-order valence-electron chi connectivity index (χ1n) is 9.81. The predicted molar refractivity (Wildman–Crippen MR) is 122 cm³/mol. The maximum Gasteiger partial charge on any atom is 0.338 e. The molecule has 2 aromatic rings. The van der Waals surface area contributed by atoms with Crippen molar-refractivity contribution in [2.75, 3.05) is 11.9 Å². The van der Waals surface area contributed by atoms with Crippen molar-refractivity contribution in [3.63, 3.8) is 0 Å². The molecule has 0 bridgehead atoms. The summed E-state index contributed by atoms with van der Waals surface area (Å²) in [6.45, 7) is 9.72. The van der Waals surface area contributed by atoms with Gasteiger partial charge in [-0.25, -0.2) is 4.79 Å². The molecule has 0 heterocycles. The van der Waals surface area contributed by atoms with Crippen LogP contribution < -0.4 is 15.4 Å². The fourth-order valence-electron chi connectivity index (χ4n) is 2.83. The van der Waals surface area contributed by atoms with Gasteiger partial charge in [0.05, 0.1) is 11.7 Å². The van der Waals surface area contributed by atoms with Crippen molar-refractivity contribution in [2.45, 2.75) is 46.6 Å². The minimum absolute atomic E-state index is 0.146. The van der Waals surface area contributed by atoms with Crippen LogP contribution in [0.2, 0.25) is 0 Å². The summed E-state index contributed by atoms with van der Waals surface area (Å²) in [5.74, 6) is 0.312. The van der Waals surface area contributed by atoms with Gasteiger partial charge in [0.2, 0.25) is 0 Å². The highest BCUT2D eigenvalue weighted by Gasteiger charge is 2.11. The Hall–Kier alpha value is -2.93. The lowest BCUT2D eigenvalue weighted by atomic mass is 9.98. The number of anilines is 1. The normalized spacial score (nSPS) is 10.6. The first-order chi connectivity index (χ1) is 14.2. The molecule has 0 fully saturated rings. The van der Waals surface area contributed by atoms with Crippen LogP contribution in [0.3, 0.4) is 0 Å². The van der Waals surface area contributed by atoms with Gasteiger partial charge in [0.25, 0.3) is 5.91 Å². The second kappa shape index (κ2) is 10.7. The van der Waals surface area contributed by atoms with Gasteiger partial charge >= 0.3 is 5.97 Å². The summed E-state index contributed by atoms with van der Waals surface area (Å²) in [4.78, 5) is 24.0. The van der Waals surface area contributed by atoms with Gasteiger partial charge in [-0.05, 0) is 86.4 Å². The van der Waals surface area contributed by atoms with Crippen molar-refractivity contribution in [2.24, 2.45) is 0 Å². The molecule has 0 unspecified atom stereocenters. The molecule has 0 aromatic heterocycles. The van der Waals surface area contributed by atoms with Crippen LogP contribution in [0.25, 0.3) is 0 Å². The monoisotopic (exact) mass is 428 g/mol. The number of hydrogen-bond donors (Lipinski definition) is 2. The van der Waals surface area contributed by atoms with Crippen LogP contribution >= 0.6 is 12.2 Å². The molecular weight excluding hydrogens is 400 g/mol. The zero-order chi connectivity index (χ0) is 22.3. The molecule has 0 spiro atoms. The van der Waals surface area contributed by atoms with E-state index in [4.69, 9.17) is 21.7 Å². The summed E-state index contributed by atoms with van der Waals surface area (Å²) in [6.07, 6.45) is -0.183. The fraction of sp³-hybridized carbons (Fsp3) is 0.348. The van der Waals surface area contributed by atoms with Crippen molar-refractivity contribution in [3.8, 4) is 5.75 Å². The SMILES string of the molecule is Cc1cc(OCC(=O)NC(=S)Nc2ccc(C(=O)OC(C)C)cc2)ccc1C(C)C. The third kappa shape index (κ3) is 7.15. The second-order valence-corrected chi connectivity index (χ2v) is 7.90. The molecule has 30 heavy (non-hydrogen) atoms. The Morgan fingerprint density at radius 3 is 2.27 bits per heavy atom. The van der Waals surface area contributed by atoms with Crippen molar-refractivity contribution in [3.05, 3.63) is 59.2 Å². The van der Waals surface area contributed by atoms with E-state index in [1.165, 1.54) is 5.56 Å². The molecule has 0 aliphatic heterocycles. The highest BCUT2D eigenvalue weighted by atomic mass is 32.1. The Balaban J connectivity index is 1.82. The largest absolute Gasteiger partial charge is 0.484 e. The third-order valence-corrected chi connectivity index (χ3v) is 4.41. The van der Waals surface area contributed by atoms with Crippen LogP contribution in [-0.2, 0) is 9.53 Å². The van der Waals surface area contributed by atoms with Crippen molar-refractivity contribution in [1.82, 2.24) is 5.32 Å². The molecule has 0 saturated heterocycles. The van der Waals surface area contributed by atoms with Gasteiger partial charge in [0, 0.05) is 5.69 Å². The van der Waals surface area contributed by atoms with Crippen molar-refractivity contribution >= 4 is 34.9 Å². The molecule has 0 radical (unpaired) electrons. The van der Waals surface area contributed by atoms with E-state index in [9.17, 15) is 9.59 Å². The smallest absolute Gasteiger partial charge is 0.338 e. The number of thiocarbonyl (C=S) groups is 1. The van der Waals surface area contributed by atoms with Gasteiger partial charge < -0.3 is 14.8 Å². The number of aryl methyl sites for hydroxylation is 1. The van der Waals surface area contributed by atoms with Gasteiger partial charge in [-0.15, -0.1) is 0 Å². The van der Waals surface area contributed by atoms with Crippen LogP contribution in [0.15, 0.2) is 42.5 Å². The van der Waals surface area contributed by atoms with Crippen LogP contribution in [0.1, 0.15) is 55.1 Å². The van der Waals surface area contributed by atoms with Crippen LogP contribution in [-0.4, -0.2) is 29.7 Å². The summed E-state index contributed by atoms with van der Waals surface area (Å²) in [7, 11) is 0. The lowest BCUT2D eigenvalue weighted by Crippen LogP contribution is -2.37. The molecular formula is C23H28N2O4S. The minimum atomic E-state index is -0.388. The number of benzene rings is 2. The zero-order valence-corrected chi connectivity index (χ0v) is 18.8. The number of esters is 1. The highest BCUT2D eigenvalue weighted by Crippen LogP contribution is 2.23. The standard InChI is InChI=1S/C23H28N2O4S/c1-14(2)20-11-10-19(12-16(20)5)28-13-21(26)25-23(30)24-18-8-6-17(7-9-18)22(27)29-15(3)4/h6-12,14-15H,13H2,1-5H3,(H2,24,25,26,30). The number of carbonyl (C=O) groups is 2. The number of ether oxygens (including phenoxy) is 2. The number of carbonyl (C=O) groups excluding carboxylic acids is 2. The highest BCUT2D eigenvalue weighted by molar-refractivity contribution is 7.80. The molecule has 160 valence electrons. The summed E-state index contributed by atoms with van der Waals surface area (Å²) in [5, 5.41) is 5.62. The topological polar surface area (TPSA) is 76.7 Å². The summed E-state index contributed by atoms with van der Waals surface area (Å²) in [6, 6.07) is 12.4. The molecule has 2 rings (SSSR count). The Morgan fingerprint density at radius 1 is 1.03 bits per heavy atom. The van der Waals surface area contributed by atoms with Crippen LogP contribution in [0, 0.1) is 6.92 Å². The van der Waals surface area contributed by atoms with Crippen LogP contribution in [0.5, 0.6) is 5.75 Å². The lowest BCUT2D eigenvalue weighted by Gasteiger charge is -2.13. The van der Waals surface area contributed by atoms with E-state index in [1.807, 2.05) is 25.1 Å². The maximum absolute atomic E-state index is 12.1. The lowest BCUT2D eigenvalue weighted by molar-refractivity contribution is -0.121. The molecule has 0 aliphatic carbocycles. The molecule has 1 amide bonds. The van der Waals surface area contributed by atoms with Crippen molar-refractivity contribution < 1.29 is 19.1 Å². The minimum Gasteiger partial charge on any atom is -0.484 e. The summed E-state index contributed by atoms with van der Waals surface area (Å²) >= 11 is 5.16. The molecule has 2 N–H and O–H groups in total. The zero-order valence-electron chi connectivity index (χ0n) is 17.9. The Morgan fingerprint density at radius 2 is 1.70 bits per heavy atom. The van der Waals surface area contributed by atoms with Crippen LogP contribution in [0.4, 0.5) is 5.69 Å². The van der Waals surface area contributed by atoms with Crippen molar-refractivity contribution in [1.29, 1.82) is 0 Å². The predicted octanol–water partition coefficient (Wildman–Crippen LogP) is 4.58. The Kier molecular flexibility index (Phi) is 8.35.